The highest BCUT2D eigenvalue weighted by Crippen LogP contribution is 2.19. The highest BCUT2D eigenvalue weighted by Gasteiger charge is 2.21. The third-order valence-corrected chi connectivity index (χ3v) is 3.14. The topological polar surface area (TPSA) is 70.4 Å². The molecule has 0 saturated carbocycles. The number of para-hydroxylation sites is 2. The molecule has 0 aliphatic carbocycles. The van der Waals surface area contributed by atoms with E-state index in [1.165, 1.54) is 0 Å². The van der Waals surface area contributed by atoms with Crippen molar-refractivity contribution in [3.8, 4) is 5.69 Å². The number of benzene rings is 1. The van der Waals surface area contributed by atoms with Crippen LogP contribution in [0.2, 0.25) is 0 Å². The molecule has 0 aliphatic heterocycles. The summed E-state index contributed by atoms with van der Waals surface area (Å²) in [6, 6.07) is 9.03. The molecular formula is C16H22N4O2. The molecule has 2 aromatic rings. The second-order valence-corrected chi connectivity index (χ2v) is 5.72. The van der Waals surface area contributed by atoms with Crippen molar-refractivity contribution in [2.45, 2.75) is 26.4 Å². The van der Waals surface area contributed by atoms with Gasteiger partial charge in [-0.3, -0.25) is 0 Å². The molecule has 2 amide bonds. The fraction of sp³-hybridized carbons (Fsp3) is 0.375. The number of carbonyl (C=O) groups excluding carboxylic acids is 1. The van der Waals surface area contributed by atoms with Crippen LogP contribution in [-0.4, -0.2) is 44.5 Å². The number of likely N-dealkylation sites (N-methyl/N-ethyl adjacent to an activating group) is 1. The number of carbonyl (C=O) groups is 1. The first kappa shape index (κ1) is 16.0. The van der Waals surface area contributed by atoms with Gasteiger partial charge < -0.3 is 15.3 Å². The lowest BCUT2D eigenvalue weighted by atomic mass is 10.1. The highest BCUT2D eigenvalue weighted by molar-refractivity contribution is 5.91. The number of nitrogens with one attached hydrogen (secondary N) is 1. The first-order valence-corrected chi connectivity index (χ1v) is 7.28. The van der Waals surface area contributed by atoms with E-state index in [0.29, 0.717) is 12.2 Å². The van der Waals surface area contributed by atoms with Crippen molar-refractivity contribution < 1.29 is 9.90 Å². The predicted molar refractivity (Wildman–Crippen MR) is 86.1 cm³/mol. The van der Waals surface area contributed by atoms with Crippen LogP contribution >= 0.6 is 0 Å². The zero-order valence-corrected chi connectivity index (χ0v) is 13.2. The van der Waals surface area contributed by atoms with Gasteiger partial charge in [0.2, 0.25) is 0 Å². The van der Waals surface area contributed by atoms with Crippen LogP contribution in [0.1, 0.15) is 20.8 Å². The Morgan fingerprint density at radius 1 is 1.36 bits per heavy atom. The van der Waals surface area contributed by atoms with Crippen LogP contribution in [0.3, 0.4) is 0 Å². The minimum atomic E-state index is -0.936. The Morgan fingerprint density at radius 2 is 2.09 bits per heavy atom. The quantitative estimate of drug-likeness (QED) is 0.891. The van der Waals surface area contributed by atoms with Gasteiger partial charge in [0.1, 0.15) is 0 Å². The molecule has 0 bridgehead atoms. The molecule has 0 radical (unpaired) electrons. The van der Waals surface area contributed by atoms with E-state index in [9.17, 15) is 9.90 Å². The van der Waals surface area contributed by atoms with Crippen LogP contribution in [0.5, 0.6) is 0 Å². The maximum Gasteiger partial charge on any atom is 0.321 e. The zero-order chi connectivity index (χ0) is 16.2. The number of aliphatic hydroxyl groups is 1. The summed E-state index contributed by atoms with van der Waals surface area (Å²) in [6.07, 6.45) is 3.50. The van der Waals surface area contributed by atoms with Gasteiger partial charge in [0.05, 0.1) is 23.5 Å². The van der Waals surface area contributed by atoms with Gasteiger partial charge in [-0.25, -0.2) is 9.48 Å². The molecule has 2 N–H and O–H groups in total. The van der Waals surface area contributed by atoms with Gasteiger partial charge in [-0.05, 0) is 39.0 Å². The average Bonchev–Trinajstić information content (AvgIpc) is 2.98. The van der Waals surface area contributed by atoms with Crippen molar-refractivity contribution in [2.75, 3.05) is 18.4 Å². The lowest BCUT2D eigenvalue weighted by Gasteiger charge is -2.28. The van der Waals surface area contributed by atoms with E-state index in [2.05, 4.69) is 10.4 Å². The molecular weight excluding hydrogens is 280 g/mol. The summed E-state index contributed by atoms with van der Waals surface area (Å²) in [5, 5.41) is 17.0. The molecule has 0 atom stereocenters. The van der Waals surface area contributed by atoms with Crippen LogP contribution in [0.25, 0.3) is 5.69 Å². The number of urea groups is 1. The Balaban J connectivity index is 2.18. The smallest absolute Gasteiger partial charge is 0.321 e. The molecule has 118 valence electrons. The molecule has 22 heavy (non-hydrogen) atoms. The van der Waals surface area contributed by atoms with Crippen LogP contribution in [0.15, 0.2) is 42.7 Å². The van der Waals surface area contributed by atoms with E-state index in [4.69, 9.17) is 0 Å². The van der Waals surface area contributed by atoms with Crippen LogP contribution < -0.4 is 5.32 Å². The lowest BCUT2D eigenvalue weighted by molar-refractivity contribution is 0.0501. The van der Waals surface area contributed by atoms with E-state index in [-0.39, 0.29) is 12.6 Å². The van der Waals surface area contributed by atoms with E-state index in [0.717, 1.165) is 5.69 Å². The van der Waals surface area contributed by atoms with Gasteiger partial charge >= 0.3 is 6.03 Å². The molecule has 1 heterocycles. The lowest BCUT2D eigenvalue weighted by Crippen LogP contribution is -2.44. The van der Waals surface area contributed by atoms with Crippen molar-refractivity contribution in [2.24, 2.45) is 0 Å². The SMILES string of the molecule is CCN(CC(C)(C)O)C(=O)Nc1ccccc1-n1cccn1. The summed E-state index contributed by atoms with van der Waals surface area (Å²) >= 11 is 0. The molecule has 6 nitrogen and oxygen atoms in total. The minimum absolute atomic E-state index is 0.246. The van der Waals surface area contributed by atoms with Crippen molar-refractivity contribution >= 4 is 11.7 Å². The monoisotopic (exact) mass is 302 g/mol. The van der Waals surface area contributed by atoms with Gasteiger partial charge in [0.25, 0.3) is 0 Å². The molecule has 6 heteroatoms. The third kappa shape index (κ3) is 4.08. The first-order chi connectivity index (χ1) is 10.4. The summed E-state index contributed by atoms with van der Waals surface area (Å²) in [6.45, 7) is 6.02. The second kappa shape index (κ2) is 6.62. The van der Waals surface area contributed by atoms with Crippen LogP contribution in [0.4, 0.5) is 10.5 Å². The highest BCUT2D eigenvalue weighted by atomic mass is 16.3. The largest absolute Gasteiger partial charge is 0.389 e. The molecule has 1 aromatic carbocycles. The summed E-state index contributed by atoms with van der Waals surface area (Å²) in [5.74, 6) is 0. The normalized spacial score (nSPS) is 11.3. The van der Waals surface area contributed by atoms with Gasteiger partial charge in [-0.15, -0.1) is 0 Å². The Hall–Kier alpha value is -2.34. The summed E-state index contributed by atoms with van der Waals surface area (Å²) in [5.41, 5.74) is 0.528. The maximum atomic E-state index is 12.4. The van der Waals surface area contributed by atoms with E-state index >= 15 is 0 Å². The first-order valence-electron chi connectivity index (χ1n) is 7.28. The molecule has 2 rings (SSSR count). The number of anilines is 1. The van der Waals surface area contributed by atoms with Crippen molar-refractivity contribution in [1.82, 2.24) is 14.7 Å². The third-order valence-electron chi connectivity index (χ3n) is 3.14. The summed E-state index contributed by atoms with van der Waals surface area (Å²) < 4.78 is 1.70. The summed E-state index contributed by atoms with van der Waals surface area (Å²) in [4.78, 5) is 14.0. The van der Waals surface area contributed by atoms with Gasteiger partial charge in [-0.1, -0.05) is 12.1 Å². The van der Waals surface area contributed by atoms with E-state index in [1.807, 2.05) is 43.5 Å². The van der Waals surface area contributed by atoms with Crippen LogP contribution in [0, 0.1) is 0 Å². The molecule has 1 aromatic heterocycles. The summed E-state index contributed by atoms with van der Waals surface area (Å²) in [7, 11) is 0. The molecule has 0 spiro atoms. The Bertz CT molecular complexity index is 617. The molecule has 0 saturated heterocycles. The number of rotatable bonds is 5. The van der Waals surface area contributed by atoms with E-state index < -0.39 is 5.60 Å². The van der Waals surface area contributed by atoms with Gasteiger partial charge in [-0.2, -0.15) is 5.10 Å². The number of nitrogens with zero attached hydrogens (tertiary/aromatic N) is 3. The Labute approximate surface area is 130 Å². The van der Waals surface area contributed by atoms with Gasteiger partial charge in [0, 0.05) is 18.9 Å². The molecule has 0 aliphatic rings. The fourth-order valence-corrected chi connectivity index (χ4v) is 2.18. The second-order valence-electron chi connectivity index (χ2n) is 5.72. The standard InChI is InChI=1S/C16H22N4O2/c1-4-19(12-16(2,3)22)15(21)18-13-8-5-6-9-14(13)20-11-7-10-17-20/h5-11,22H,4,12H2,1-3H3,(H,18,21). The minimum Gasteiger partial charge on any atom is -0.389 e. The van der Waals surface area contributed by atoms with Crippen molar-refractivity contribution in [1.29, 1.82) is 0 Å². The maximum absolute atomic E-state index is 12.4. The predicted octanol–water partition coefficient (Wildman–Crippen LogP) is 2.50. The van der Waals surface area contributed by atoms with Crippen molar-refractivity contribution in [3.05, 3.63) is 42.7 Å². The average molecular weight is 302 g/mol. The van der Waals surface area contributed by atoms with Gasteiger partial charge in [0.15, 0.2) is 0 Å². The zero-order valence-electron chi connectivity index (χ0n) is 13.2. The molecule has 0 fully saturated rings. The van der Waals surface area contributed by atoms with E-state index in [1.54, 1.807) is 29.6 Å². The number of aromatic nitrogens is 2. The number of amides is 2. The Kier molecular flexibility index (Phi) is 4.82. The Morgan fingerprint density at radius 3 is 2.68 bits per heavy atom. The number of hydrogen-bond donors (Lipinski definition) is 2. The molecule has 0 unspecified atom stereocenters. The van der Waals surface area contributed by atoms with Crippen LogP contribution in [-0.2, 0) is 0 Å². The fourth-order valence-electron chi connectivity index (χ4n) is 2.18. The van der Waals surface area contributed by atoms with Crippen molar-refractivity contribution in [3.63, 3.8) is 0 Å². The number of hydrogen-bond acceptors (Lipinski definition) is 3.